The van der Waals surface area contributed by atoms with Crippen LogP contribution in [0.25, 0.3) is 28.4 Å². The van der Waals surface area contributed by atoms with E-state index in [1.807, 2.05) is 42.5 Å². The van der Waals surface area contributed by atoms with Crippen molar-refractivity contribution < 1.29 is 0 Å². The van der Waals surface area contributed by atoms with Crippen molar-refractivity contribution in [2.24, 2.45) is 0 Å². The van der Waals surface area contributed by atoms with Gasteiger partial charge in [0.25, 0.3) is 0 Å². The maximum Gasteiger partial charge on any atom is 0.165 e. The molecule has 5 aromatic rings. The minimum absolute atomic E-state index is 0.584. The fourth-order valence-corrected chi connectivity index (χ4v) is 4.79. The Morgan fingerprint density at radius 1 is 0.694 bits per heavy atom. The van der Waals surface area contributed by atoms with E-state index in [1.165, 1.54) is 11.1 Å². The van der Waals surface area contributed by atoms with Gasteiger partial charge in [-0.05, 0) is 59.7 Å². The van der Waals surface area contributed by atoms with E-state index in [1.54, 1.807) is 18.6 Å². The third kappa shape index (κ3) is 4.68. The second-order valence-corrected chi connectivity index (χ2v) is 9.14. The molecule has 1 aromatic carbocycles. The van der Waals surface area contributed by atoms with E-state index in [0.29, 0.717) is 5.82 Å². The highest BCUT2D eigenvalue weighted by Crippen LogP contribution is 2.26. The Morgan fingerprint density at radius 2 is 1.44 bits per heavy atom. The Morgan fingerprint density at radius 3 is 2.17 bits per heavy atom. The van der Waals surface area contributed by atoms with Crippen molar-refractivity contribution in [2.45, 2.75) is 13.1 Å². The van der Waals surface area contributed by atoms with Crippen LogP contribution in [0.5, 0.6) is 0 Å². The molecule has 0 amide bonds. The molecule has 8 heteroatoms. The molecule has 1 aliphatic heterocycles. The predicted octanol–water partition coefficient (Wildman–Crippen LogP) is 3.78. The average molecular weight is 477 g/mol. The van der Waals surface area contributed by atoms with Crippen molar-refractivity contribution in [2.75, 3.05) is 31.9 Å². The fraction of sp³-hybridized carbons (Fsp3) is 0.214. The van der Waals surface area contributed by atoms with Crippen LogP contribution in [0.4, 0.5) is 5.82 Å². The molecule has 0 atom stereocenters. The molecule has 0 saturated carbocycles. The number of pyridine rings is 3. The molecular formula is C28H28N8. The fourth-order valence-electron chi connectivity index (χ4n) is 4.79. The van der Waals surface area contributed by atoms with Crippen LogP contribution in [0, 0.1) is 0 Å². The first kappa shape index (κ1) is 22.3. The van der Waals surface area contributed by atoms with E-state index < -0.39 is 0 Å². The highest BCUT2D eigenvalue weighted by molar-refractivity contribution is 5.79. The monoisotopic (exact) mass is 476 g/mol. The zero-order valence-corrected chi connectivity index (χ0v) is 20.0. The van der Waals surface area contributed by atoms with Crippen molar-refractivity contribution in [3.05, 3.63) is 96.4 Å². The molecule has 8 nitrogen and oxygen atoms in total. The zero-order valence-electron chi connectivity index (χ0n) is 20.0. The van der Waals surface area contributed by atoms with Gasteiger partial charge in [-0.15, -0.1) is 0 Å². The number of anilines is 1. The number of hydrogen-bond acceptors (Lipinski definition) is 7. The van der Waals surface area contributed by atoms with Crippen LogP contribution in [0.2, 0.25) is 0 Å². The minimum Gasteiger partial charge on any atom is -0.384 e. The Labute approximate surface area is 210 Å². The lowest BCUT2D eigenvalue weighted by atomic mass is 10.1. The first-order valence-corrected chi connectivity index (χ1v) is 12.2. The second kappa shape index (κ2) is 9.85. The first-order chi connectivity index (χ1) is 17.7. The Bertz CT molecular complexity index is 1450. The Hall–Kier alpha value is -4.14. The summed E-state index contributed by atoms with van der Waals surface area (Å²) in [6.07, 6.45) is 5.38. The van der Waals surface area contributed by atoms with E-state index >= 15 is 0 Å². The average Bonchev–Trinajstić information content (AvgIpc) is 3.31. The van der Waals surface area contributed by atoms with Gasteiger partial charge in [-0.3, -0.25) is 19.4 Å². The molecule has 0 bridgehead atoms. The number of nitrogens with two attached hydrogens (primary N) is 1. The van der Waals surface area contributed by atoms with E-state index in [2.05, 4.69) is 53.6 Å². The van der Waals surface area contributed by atoms with E-state index in [-0.39, 0.29) is 0 Å². The van der Waals surface area contributed by atoms with Gasteiger partial charge in [-0.25, -0.2) is 15.0 Å². The molecule has 0 radical (unpaired) electrons. The molecule has 6 rings (SSSR count). The number of hydrogen-bond donors (Lipinski definition) is 1. The maximum atomic E-state index is 5.83. The van der Waals surface area contributed by atoms with Crippen LogP contribution < -0.4 is 5.73 Å². The number of nitrogen functional groups attached to an aromatic ring is 1. The lowest BCUT2D eigenvalue weighted by molar-refractivity contribution is 0.122. The smallest absolute Gasteiger partial charge is 0.165 e. The van der Waals surface area contributed by atoms with Gasteiger partial charge in [0.05, 0.1) is 0 Å². The number of aromatic nitrogens is 5. The van der Waals surface area contributed by atoms with Gasteiger partial charge in [0, 0.05) is 63.5 Å². The number of rotatable bonds is 6. The lowest BCUT2D eigenvalue weighted by Gasteiger charge is -2.34. The van der Waals surface area contributed by atoms with Gasteiger partial charge in [-0.2, -0.15) is 0 Å². The third-order valence-corrected chi connectivity index (χ3v) is 6.63. The van der Waals surface area contributed by atoms with Crippen molar-refractivity contribution in [1.29, 1.82) is 0 Å². The Balaban J connectivity index is 1.16. The van der Waals surface area contributed by atoms with Crippen molar-refractivity contribution >= 4 is 17.0 Å². The van der Waals surface area contributed by atoms with Gasteiger partial charge in [0.1, 0.15) is 17.0 Å². The summed E-state index contributed by atoms with van der Waals surface area (Å²) in [6, 6.07) is 22.5. The summed E-state index contributed by atoms with van der Waals surface area (Å²) < 4.78 is 2.09. The summed E-state index contributed by atoms with van der Waals surface area (Å²) in [5.74, 6) is 1.38. The SMILES string of the molecule is Nc1cc(CN2CCN(Cc3ccc(-n4c(-c5ccccn5)nc5cccnc54)cc3)CC2)ccn1. The quantitative estimate of drug-likeness (QED) is 0.399. The summed E-state index contributed by atoms with van der Waals surface area (Å²) in [7, 11) is 0. The molecule has 4 aromatic heterocycles. The molecular weight excluding hydrogens is 448 g/mol. The predicted molar refractivity (Wildman–Crippen MR) is 141 cm³/mol. The Kier molecular flexibility index (Phi) is 6.11. The van der Waals surface area contributed by atoms with Crippen LogP contribution in [-0.2, 0) is 13.1 Å². The topological polar surface area (TPSA) is 89.0 Å². The molecule has 1 fully saturated rings. The highest BCUT2D eigenvalue weighted by Gasteiger charge is 2.18. The van der Waals surface area contributed by atoms with E-state index in [9.17, 15) is 0 Å². The number of fused-ring (bicyclic) bond motifs is 1. The molecule has 0 unspecified atom stereocenters. The molecule has 1 aliphatic rings. The molecule has 5 heterocycles. The molecule has 0 spiro atoms. The van der Waals surface area contributed by atoms with Crippen molar-refractivity contribution in [3.8, 4) is 17.2 Å². The number of piperazine rings is 1. The largest absolute Gasteiger partial charge is 0.384 e. The van der Waals surface area contributed by atoms with Crippen LogP contribution in [0.1, 0.15) is 11.1 Å². The van der Waals surface area contributed by atoms with Crippen molar-refractivity contribution in [1.82, 2.24) is 34.3 Å². The summed E-state index contributed by atoms with van der Waals surface area (Å²) in [6.45, 7) is 6.03. The lowest BCUT2D eigenvalue weighted by Crippen LogP contribution is -2.45. The summed E-state index contributed by atoms with van der Waals surface area (Å²) in [4.78, 5) is 23.1. The minimum atomic E-state index is 0.584. The molecule has 0 aliphatic carbocycles. The van der Waals surface area contributed by atoms with Gasteiger partial charge >= 0.3 is 0 Å². The number of benzene rings is 1. The normalized spacial score (nSPS) is 14.9. The van der Waals surface area contributed by atoms with Crippen LogP contribution in [0.3, 0.4) is 0 Å². The molecule has 2 N–H and O–H groups in total. The second-order valence-electron chi connectivity index (χ2n) is 9.14. The van der Waals surface area contributed by atoms with E-state index in [4.69, 9.17) is 10.7 Å². The van der Waals surface area contributed by atoms with Gasteiger partial charge in [0.2, 0.25) is 0 Å². The summed E-state index contributed by atoms with van der Waals surface area (Å²) in [5, 5.41) is 0. The van der Waals surface area contributed by atoms with Crippen LogP contribution in [-0.4, -0.2) is 60.5 Å². The highest BCUT2D eigenvalue weighted by atomic mass is 15.3. The number of imidazole rings is 1. The molecule has 1 saturated heterocycles. The van der Waals surface area contributed by atoms with E-state index in [0.717, 1.165) is 67.6 Å². The summed E-state index contributed by atoms with van der Waals surface area (Å²) in [5.41, 5.74) is 11.9. The maximum absolute atomic E-state index is 5.83. The van der Waals surface area contributed by atoms with Crippen LogP contribution >= 0.6 is 0 Å². The van der Waals surface area contributed by atoms with Gasteiger partial charge in [-0.1, -0.05) is 18.2 Å². The summed E-state index contributed by atoms with van der Waals surface area (Å²) >= 11 is 0. The van der Waals surface area contributed by atoms with Gasteiger partial charge < -0.3 is 5.73 Å². The molecule has 36 heavy (non-hydrogen) atoms. The standard InChI is InChI=1S/C28H28N8/c29-26-18-22(10-13-31-26)20-35-16-14-34(15-17-35)19-21-6-8-23(9-7-21)36-27-25(5-3-12-32-27)33-28(36)24-4-1-2-11-30-24/h1-13,18H,14-17,19-20H2,(H2,29,31). The first-order valence-electron chi connectivity index (χ1n) is 12.2. The van der Waals surface area contributed by atoms with Gasteiger partial charge in [0.15, 0.2) is 11.5 Å². The third-order valence-electron chi connectivity index (χ3n) is 6.63. The van der Waals surface area contributed by atoms with Crippen LogP contribution in [0.15, 0.2) is 85.3 Å². The molecule has 180 valence electrons. The zero-order chi connectivity index (χ0) is 24.3. The van der Waals surface area contributed by atoms with Crippen molar-refractivity contribution in [3.63, 3.8) is 0 Å². The number of nitrogens with zero attached hydrogens (tertiary/aromatic N) is 7.